The molecule has 2 atom stereocenters. The molecule has 180 valence electrons. The molecule has 0 fully saturated rings. The summed E-state index contributed by atoms with van der Waals surface area (Å²) in [6, 6.07) is 27.3. The van der Waals surface area contributed by atoms with Crippen molar-refractivity contribution in [3.63, 3.8) is 0 Å². The van der Waals surface area contributed by atoms with E-state index in [-0.39, 0.29) is 18.8 Å². The van der Waals surface area contributed by atoms with Crippen molar-refractivity contribution in [2.75, 3.05) is 18.2 Å². The van der Waals surface area contributed by atoms with Crippen molar-refractivity contribution in [2.24, 2.45) is 0 Å². The lowest BCUT2D eigenvalue weighted by Gasteiger charge is -2.29. The third-order valence-electron chi connectivity index (χ3n) is 5.59. The van der Waals surface area contributed by atoms with E-state index in [1.807, 2.05) is 79.1 Å². The zero-order valence-electron chi connectivity index (χ0n) is 19.3. The van der Waals surface area contributed by atoms with E-state index in [2.05, 4.69) is 5.32 Å². The van der Waals surface area contributed by atoms with Crippen LogP contribution >= 0.6 is 11.8 Å². The average Bonchev–Trinajstić information content (AvgIpc) is 2.89. The third kappa shape index (κ3) is 6.07. The molecule has 0 aliphatic heterocycles. The molecule has 0 unspecified atom stereocenters. The quantitative estimate of drug-likeness (QED) is 0.236. The number of benzene rings is 4. The molecule has 1 amide bonds. The van der Waals surface area contributed by atoms with Gasteiger partial charge in [0.25, 0.3) is 0 Å². The number of para-hydroxylation sites is 1. The summed E-state index contributed by atoms with van der Waals surface area (Å²) in [5, 5.41) is 24.3. The fourth-order valence-electron chi connectivity index (χ4n) is 3.90. The van der Waals surface area contributed by atoms with Crippen LogP contribution < -0.4 is 10.1 Å². The second-order valence-electron chi connectivity index (χ2n) is 7.88. The van der Waals surface area contributed by atoms with Crippen molar-refractivity contribution in [3.05, 3.63) is 96.6 Å². The highest BCUT2D eigenvalue weighted by molar-refractivity contribution is 7.98. The molecule has 0 saturated heterocycles. The molecule has 0 saturated carbocycles. The van der Waals surface area contributed by atoms with Gasteiger partial charge >= 0.3 is 6.09 Å². The predicted octanol–water partition coefficient (Wildman–Crippen LogP) is 6.39. The van der Waals surface area contributed by atoms with Crippen LogP contribution in [0.5, 0.6) is 11.5 Å². The lowest BCUT2D eigenvalue weighted by atomic mass is 9.95. The summed E-state index contributed by atoms with van der Waals surface area (Å²) in [5.74, 6) is 0.722. The molecule has 6 nitrogen and oxygen atoms in total. The zero-order chi connectivity index (χ0) is 24.6. The van der Waals surface area contributed by atoms with Crippen LogP contribution in [0.3, 0.4) is 0 Å². The van der Waals surface area contributed by atoms with Gasteiger partial charge in [0.15, 0.2) is 6.10 Å². The predicted molar refractivity (Wildman–Crippen MR) is 139 cm³/mol. The van der Waals surface area contributed by atoms with Crippen LogP contribution in [0.2, 0.25) is 0 Å². The van der Waals surface area contributed by atoms with E-state index in [9.17, 15) is 15.0 Å². The van der Waals surface area contributed by atoms with Gasteiger partial charge in [-0.2, -0.15) is 0 Å². The number of aromatic hydroxyl groups is 1. The van der Waals surface area contributed by atoms with E-state index >= 15 is 0 Å². The number of carbonyl (C=O) groups excluding carboxylic acids is 1. The van der Waals surface area contributed by atoms with Crippen molar-refractivity contribution >= 4 is 34.3 Å². The van der Waals surface area contributed by atoms with Crippen LogP contribution in [-0.2, 0) is 4.74 Å². The summed E-state index contributed by atoms with van der Waals surface area (Å²) >= 11 is 1.61. The minimum absolute atomic E-state index is 0.129. The average molecular weight is 490 g/mol. The van der Waals surface area contributed by atoms with Gasteiger partial charge in [-0.15, -0.1) is 11.8 Å². The first-order valence-electron chi connectivity index (χ1n) is 11.2. The van der Waals surface area contributed by atoms with E-state index in [4.69, 9.17) is 9.47 Å². The SMILES string of the molecule is CSc1ccc(NC(=O)O[C@H](c2ccc(O)c3ccccc23)[C@@H](CCO)Oc2ccccc2)cc1. The number of aliphatic hydroxyl groups excluding tert-OH is 1. The van der Waals surface area contributed by atoms with Crippen LogP contribution in [0.15, 0.2) is 95.9 Å². The third-order valence-corrected chi connectivity index (χ3v) is 6.34. The van der Waals surface area contributed by atoms with E-state index < -0.39 is 18.3 Å². The number of anilines is 1. The molecule has 0 heterocycles. The van der Waals surface area contributed by atoms with Crippen molar-refractivity contribution in [1.82, 2.24) is 0 Å². The van der Waals surface area contributed by atoms with Crippen molar-refractivity contribution in [1.29, 1.82) is 0 Å². The Morgan fingerprint density at radius 1 is 0.914 bits per heavy atom. The maximum absolute atomic E-state index is 13.0. The van der Waals surface area contributed by atoms with E-state index in [0.29, 0.717) is 22.4 Å². The minimum atomic E-state index is -0.863. The molecule has 0 aliphatic carbocycles. The van der Waals surface area contributed by atoms with Gasteiger partial charge in [-0.25, -0.2) is 4.79 Å². The Balaban J connectivity index is 1.69. The number of phenols is 1. The molecule has 0 radical (unpaired) electrons. The van der Waals surface area contributed by atoms with Crippen molar-refractivity contribution in [2.45, 2.75) is 23.5 Å². The summed E-state index contributed by atoms with van der Waals surface area (Å²) in [5.41, 5.74) is 1.27. The van der Waals surface area contributed by atoms with Crippen LogP contribution in [-0.4, -0.2) is 35.3 Å². The Morgan fingerprint density at radius 2 is 1.60 bits per heavy atom. The molecular weight excluding hydrogens is 462 g/mol. The number of fused-ring (bicyclic) bond motifs is 1. The first kappa shape index (κ1) is 24.4. The normalized spacial score (nSPS) is 12.6. The number of hydrogen-bond donors (Lipinski definition) is 3. The Kier molecular flexibility index (Phi) is 8.13. The maximum Gasteiger partial charge on any atom is 0.412 e. The van der Waals surface area contributed by atoms with Crippen LogP contribution in [0.1, 0.15) is 18.1 Å². The fourth-order valence-corrected chi connectivity index (χ4v) is 4.31. The molecule has 4 aromatic carbocycles. The number of thioether (sulfide) groups is 1. The van der Waals surface area contributed by atoms with Gasteiger partial charge in [-0.3, -0.25) is 5.32 Å². The largest absolute Gasteiger partial charge is 0.507 e. The second-order valence-corrected chi connectivity index (χ2v) is 8.76. The number of ether oxygens (including phenoxy) is 2. The van der Waals surface area contributed by atoms with E-state index in [1.54, 1.807) is 30.0 Å². The molecule has 4 aromatic rings. The molecular formula is C28H27NO5S. The summed E-state index contributed by atoms with van der Waals surface area (Å²) in [4.78, 5) is 14.1. The smallest absolute Gasteiger partial charge is 0.412 e. The summed E-state index contributed by atoms with van der Waals surface area (Å²) in [6.07, 6.45) is 0.0175. The van der Waals surface area contributed by atoms with Crippen molar-refractivity contribution < 1.29 is 24.5 Å². The maximum atomic E-state index is 13.0. The molecule has 7 heteroatoms. The van der Waals surface area contributed by atoms with Crippen LogP contribution in [0.25, 0.3) is 10.8 Å². The standard InChI is InChI=1S/C28H27NO5S/c1-35-21-13-11-19(12-14-21)29-28(32)34-27(26(17-18-30)33-20-7-3-2-4-8-20)24-15-16-25(31)23-10-6-5-9-22(23)24/h2-16,26-27,30-31H,17-18H2,1H3,(H,29,32)/t26-,27-/m1/s1. The number of carbonyl (C=O) groups is 1. The number of hydrogen-bond acceptors (Lipinski definition) is 6. The number of rotatable bonds is 9. The minimum Gasteiger partial charge on any atom is -0.507 e. The van der Waals surface area contributed by atoms with E-state index in [0.717, 1.165) is 10.3 Å². The highest BCUT2D eigenvalue weighted by Crippen LogP contribution is 2.36. The van der Waals surface area contributed by atoms with E-state index in [1.165, 1.54) is 0 Å². The highest BCUT2D eigenvalue weighted by Gasteiger charge is 2.31. The molecule has 0 aromatic heterocycles. The topological polar surface area (TPSA) is 88.0 Å². The van der Waals surface area contributed by atoms with Gasteiger partial charge in [0.05, 0.1) is 0 Å². The van der Waals surface area contributed by atoms with Crippen LogP contribution in [0, 0.1) is 0 Å². The Hall–Kier alpha value is -3.68. The van der Waals surface area contributed by atoms with Gasteiger partial charge in [0.2, 0.25) is 0 Å². The number of amides is 1. The molecule has 3 N–H and O–H groups in total. The lowest BCUT2D eigenvalue weighted by molar-refractivity contribution is 0.00983. The highest BCUT2D eigenvalue weighted by atomic mass is 32.2. The van der Waals surface area contributed by atoms with Gasteiger partial charge < -0.3 is 19.7 Å². The summed E-state index contributed by atoms with van der Waals surface area (Å²) < 4.78 is 12.2. The number of aliphatic hydroxyl groups is 1. The number of phenolic OH excluding ortho intramolecular Hbond substituents is 1. The fraction of sp³-hybridized carbons (Fsp3) is 0.179. The zero-order valence-corrected chi connectivity index (χ0v) is 20.1. The Morgan fingerprint density at radius 3 is 2.29 bits per heavy atom. The lowest BCUT2D eigenvalue weighted by Crippen LogP contribution is -2.32. The van der Waals surface area contributed by atoms with Gasteiger partial charge in [-0.1, -0.05) is 48.5 Å². The molecule has 0 aliphatic rings. The molecule has 35 heavy (non-hydrogen) atoms. The monoisotopic (exact) mass is 489 g/mol. The van der Waals surface area contributed by atoms with Gasteiger partial charge in [0.1, 0.15) is 17.6 Å². The summed E-state index contributed by atoms with van der Waals surface area (Å²) in [7, 11) is 0. The van der Waals surface area contributed by atoms with Crippen molar-refractivity contribution in [3.8, 4) is 11.5 Å². The van der Waals surface area contributed by atoms with Gasteiger partial charge in [0, 0.05) is 34.6 Å². The second kappa shape index (κ2) is 11.6. The Bertz CT molecular complexity index is 1260. The first-order chi connectivity index (χ1) is 17.1. The van der Waals surface area contributed by atoms with Gasteiger partial charge in [-0.05, 0) is 54.1 Å². The molecule has 0 bridgehead atoms. The summed E-state index contributed by atoms with van der Waals surface area (Å²) in [6.45, 7) is -0.162. The Labute approximate surface area is 208 Å². The first-order valence-corrected chi connectivity index (χ1v) is 12.5. The van der Waals surface area contributed by atoms with Crippen LogP contribution in [0.4, 0.5) is 10.5 Å². The number of nitrogens with one attached hydrogen (secondary N) is 1. The molecule has 4 rings (SSSR count). The molecule has 0 spiro atoms.